The number of carbonyl (C=O) groups is 2. The second-order valence-corrected chi connectivity index (χ2v) is 10.00. The Morgan fingerprint density at radius 3 is 2.49 bits per heavy atom. The molecule has 0 radical (unpaired) electrons. The van der Waals surface area contributed by atoms with Crippen molar-refractivity contribution >= 4 is 51.9 Å². The zero-order valence-electron chi connectivity index (χ0n) is 20.6. The lowest BCUT2D eigenvalue weighted by atomic mass is 9.86. The number of nitrogens with zero attached hydrogens (tertiary/aromatic N) is 1. The van der Waals surface area contributed by atoms with Crippen LogP contribution in [0.25, 0.3) is 22.6 Å². The Hall–Kier alpha value is -4.11. The number of allylic oxidation sites excluding steroid dienone is 1. The van der Waals surface area contributed by atoms with Gasteiger partial charge in [0.15, 0.2) is 6.61 Å². The van der Waals surface area contributed by atoms with Gasteiger partial charge in [-0.15, -0.1) is 0 Å². The number of para-hydroxylation sites is 1. The number of rotatable bonds is 7. The molecule has 1 amide bonds. The van der Waals surface area contributed by atoms with Crippen molar-refractivity contribution in [2.24, 2.45) is 0 Å². The molecule has 39 heavy (non-hydrogen) atoms. The van der Waals surface area contributed by atoms with Crippen LogP contribution in [0.2, 0.25) is 0 Å². The number of thioether (sulfide) groups is 1. The molecule has 0 unspecified atom stereocenters. The van der Waals surface area contributed by atoms with Crippen LogP contribution >= 0.6 is 11.8 Å². The highest BCUT2D eigenvalue weighted by Crippen LogP contribution is 2.36. The fraction of sp³-hybridized carbons (Fsp3) is 0.167. The summed E-state index contributed by atoms with van der Waals surface area (Å²) in [6, 6.07) is 19.4. The van der Waals surface area contributed by atoms with Gasteiger partial charge in [-0.05, 0) is 84.5 Å². The maximum absolute atomic E-state index is 13.4. The number of pyridine rings is 1. The predicted molar refractivity (Wildman–Crippen MR) is 146 cm³/mol. The van der Waals surface area contributed by atoms with Gasteiger partial charge >= 0.3 is 5.97 Å². The molecule has 0 spiro atoms. The van der Waals surface area contributed by atoms with Gasteiger partial charge < -0.3 is 10.1 Å². The molecule has 1 N–H and O–H groups in total. The lowest BCUT2D eigenvalue weighted by molar-refractivity contribution is -0.119. The van der Waals surface area contributed by atoms with Gasteiger partial charge in [-0.25, -0.2) is 14.2 Å². The highest BCUT2D eigenvalue weighted by atomic mass is 32.2. The third kappa shape index (κ3) is 6.31. The standard InChI is InChI=1S/C30H23F3N2O3S/c31-20-10-8-18(9-11-20)16-19-4-3-6-24-27(23-5-1-2-7-25(23)35-28(19)24)29(37)38-17-26(36)34-21-12-14-22(15-13-21)39-30(32)33/h1-2,5,7-16,30H,3-4,6,17H2,(H,34,36)/b19-16-. The highest BCUT2D eigenvalue weighted by molar-refractivity contribution is 7.99. The van der Waals surface area contributed by atoms with Crippen molar-refractivity contribution in [3.8, 4) is 0 Å². The minimum atomic E-state index is -2.53. The number of alkyl halides is 2. The van der Waals surface area contributed by atoms with Gasteiger partial charge in [0.05, 0.1) is 16.8 Å². The molecule has 1 aliphatic rings. The number of hydrogen-bond acceptors (Lipinski definition) is 5. The molecule has 1 aromatic heterocycles. The normalized spacial score (nSPS) is 13.9. The van der Waals surface area contributed by atoms with Crippen molar-refractivity contribution < 1.29 is 27.5 Å². The first-order valence-corrected chi connectivity index (χ1v) is 13.2. The Bertz CT molecular complexity index is 1550. The van der Waals surface area contributed by atoms with Gasteiger partial charge in [0, 0.05) is 16.0 Å². The molecule has 0 saturated heterocycles. The van der Waals surface area contributed by atoms with Crippen molar-refractivity contribution in [3.63, 3.8) is 0 Å². The van der Waals surface area contributed by atoms with Crippen LogP contribution in [0.1, 0.15) is 40.0 Å². The molecule has 0 aliphatic heterocycles. The van der Waals surface area contributed by atoms with E-state index in [0.717, 1.165) is 29.5 Å². The third-order valence-corrected chi connectivity index (χ3v) is 7.01. The van der Waals surface area contributed by atoms with Crippen LogP contribution in [0.15, 0.2) is 77.7 Å². The van der Waals surface area contributed by atoms with E-state index in [1.165, 1.54) is 36.4 Å². The molecular formula is C30H23F3N2O3S. The second kappa shape index (κ2) is 11.7. The molecule has 9 heteroatoms. The van der Waals surface area contributed by atoms with Crippen molar-refractivity contribution in [1.29, 1.82) is 0 Å². The quantitative estimate of drug-likeness (QED) is 0.193. The van der Waals surface area contributed by atoms with Crippen molar-refractivity contribution in [2.45, 2.75) is 29.9 Å². The Labute approximate surface area is 227 Å². The Morgan fingerprint density at radius 2 is 1.74 bits per heavy atom. The van der Waals surface area contributed by atoms with Crippen LogP contribution in [-0.2, 0) is 16.0 Å². The summed E-state index contributed by atoms with van der Waals surface area (Å²) in [6.45, 7) is -0.518. The highest BCUT2D eigenvalue weighted by Gasteiger charge is 2.26. The number of anilines is 1. The zero-order chi connectivity index (χ0) is 27.4. The van der Waals surface area contributed by atoms with Gasteiger partial charge in [0.25, 0.3) is 11.7 Å². The van der Waals surface area contributed by atoms with Crippen molar-refractivity contribution in [3.05, 3.63) is 101 Å². The molecule has 4 aromatic rings. The number of benzene rings is 3. The first-order chi connectivity index (χ1) is 18.9. The molecule has 0 bridgehead atoms. The summed E-state index contributed by atoms with van der Waals surface area (Å²) in [5, 5.41) is 3.24. The summed E-state index contributed by atoms with van der Waals surface area (Å²) in [7, 11) is 0. The van der Waals surface area contributed by atoms with Crippen molar-refractivity contribution in [2.75, 3.05) is 11.9 Å². The van der Waals surface area contributed by atoms with E-state index in [9.17, 15) is 22.8 Å². The Morgan fingerprint density at radius 1 is 1.00 bits per heavy atom. The van der Waals surface area contributed by atoms with E-state index in [2.05, 4.69) is 5.32 Å². The van der Waals surface area contributed by atoms with Crippen LogP contribution in [-0.4, -0.2) is 29.2 Å². The van der Waals surface area contributed by atoms with Gasteiger partial charge in [0.1, 0.15) is 5.82 Å². The number of esters is 1. The number of amides is 1. The molecule has 5 rings (SSSR count). The van der Waals surface area contributed by atoms with Crippen molar-refractivity contribution in [1.82, 2.24) is 4.98 Å². The minimum absolute atomic E-state index is 0.317. The summed E-state index contributed by atoms with van der Waals surface area (Å²) >= 11 is 0.411. The molecule has 0 saturated carbocycles. The van der Waals surface area contributed by atoms with E-state index < -0.39 is 24.2 Å². The maximum Gasteiger partial charge on any atom is 0.339 e. The van der Waals surface area contributed by atoms with E-state index >= 15 is 0 Å². The molecule has 3 aromatic carbocycles. The van der Waals surface area contributed by atoms with Crippen LogP contribution in [0, 0.1) is 5.82 Å². The summed E-state index contributed by atoms with van der Waals surface area (Å²) in [6.07, 6.45) is 4.11. The summed E-state index contributed by atoms with van der Waals surface area (Å²) < 4.78 is 43.8. The molecule has 1 aliphatic carbocycles. The van der Waals surface area contributed by atoms with E-state index in [1.54, 1.807) is 18.2 Å². The number of hydrogen-bond donors (Lipinski definition) is 1. The van der Waals surface area contributed by atoms with Crippen LogP contribution in [0.4, 0.5) is 18.9 Å². The zero-order valence-corrected chi connectivity index (χ0v) is 21.4. The SMILES string of the molecule is O=C(COC(=O)c1c2c(nc3ccccc13)/C(=C\c1ccc(F)cc1)CCC2)Nc1ccc(SC(F)F)cc1. The molecule has 1 heterocycles. The van der Waals surface area contributed by atoms with Gasteiger partial charge in [-0.1, -0.05) is 42.1 Å². The molecule has 0 atom stereocenters. The summed E-state index contributed by atoms with van der Waals surface area (Å²) in [4.78, 5) is 31.1. The Kier molecular flexibility index (Phi) is 7.97. The second-order valence-electron chi connectivity index (χ2n) is 8.93. The number of aromatic nitrogens is 1. The first kappa shape index (κ1) is 26.5. The van der Waals surface area contributed by atoms with Gasteiger partial charge in [-0.2, -0.15) is 8.78 Å². The number of halogens is 3. The largest absolute Gasteiger partial charge is 0.452 e. The van der Waals surface area contributed by atoms with E-state index in [1.807, 2.05) is 24.3 Å². The van der Waals surface area contributed by atoms with E-state index in [4.69, 9.17) is 9.72 Å². The smallest absolute Gasteiger partial charge is 0.339 e. The predicted octanol–water partition coefficient (Wildman–Crippen LogP) is 7.36. The number of ether oxygens (including phenoxy) is 1. The number of carbonyl (C=O) groups excluding carboxylic acids is 2. The molecule has 198 valence electrons. The van der Waals surface area contributed by atoms with Gasteiger partial charge in [-0.3, -0.25) is 4.79 Å². The molecular weight excluding hydrogens is 525 g/mol. The summed E-state index contributed by atoms with van der Waals surface area (Å²) in [5.41, 5.74) is 4.62. The molecule has 0 fully saturated rings. The topological polar surface area (TPSA) is 68.3 Å². The van der Waals surface area contributed by atoms with Crippen LogP contribution < -0.4 is 5.32 Å². The van der Waals surface area contributed by atoms with Crippen LogP contribution in [0.5, 0.6) is 0 Å². The maximum atomic E-state index is 13.4. The fourth-order valence-corrected chi connectivity index (χ4v) is 5.09. The number of nitrogens with one attached hydrogen (secondary N) is 1. The minimum Gasteiger partial charge on any atom is -0.452 e. The summed E-state index contributed by atoms with van der Waals surface area (Å²) in [5.74, 6) is -4.04. The lowest BCUT2D eigenvalue weighted by Crippen LogP contribution is -2.22. The van der Waals surface area contributed by atoms with E-state index in [0.29, 0.717) is 50.9 Å². The third-order valence-electron chi connectivity index (χ3n) is 6.28. The Balaban J connectivity index is 1.38. The molecule has 5 nitrogen and oxygen atoms in total. The van der Waals surface area contributed by atoms with Gasteiger partial charge in [0.2, 0.25) is 0 Å². The monoisotopic (exact) mass is 548 g/mol. The lowest BCUT2D eigenvalue weighted by Gasteiger charge is -2.22. The van der Waals surface area contributed by atoms with E-state index in [-0.39, 0.29) is 5.82 Å². The first-order valence-electron chi connectivity index (χ1n) is 12.3. The van der Waals surface area contributed by atoms with Crippen LogP contribution in [0.3, 0.4) is 0 Å². The average Bonchev–Trinajstić information content (AvgIpc) is 2.93. The average molecular weight is 549 g/mol. The number of fused-ring (bicyclic) bond motifs is 2. The fourth-order valence-electron chi connectivity index (χ4n) is 4.59.